The van der Waals surface area contributed by atoms with Crippen LogP contribution in [0.1, 0.15) is 44.2 Å². The molecule has 2 atom stereocenters. The van der Waals surface area contributed by atoms with Gasteiger partial charge in [0.2, 0.25) is 5.91 Å². The fraction of sp³-hybridized carbons (Fsp3) is 0.348. The third-order valence-corrected chi connectivity index (χ3v) is 6.75. The van der Waals surface area contributed by atoms with E-state index in [4.69, 9.17) is 9.47 Å². The first-order chi connectivity index (χ1) is 14.6. The van der Waals surface area contributed by atoms with Crippen molar-refractivity contribution in [2.24, 2.45) is 0 Å². The maximum absolute atomic E-state index is 13.0. The highest BCUT2D eigenvalue weighted by atomic mass is 127. The minimum Gasteiger partial charge on any atom is -0.497 e. The Kier molecular flexibility index (Phi) is 4.38. The van der Waals surface area contributed by atoms with Gasteiger partial charge in [0.15, 0.2) is 0 Å². The molecule has 0 unspecified atom stereocenters. The van der Waals surface area contributed by atoms with Gasteiger partial charge in [-0.15, -0.1) is 0 Å². The van der Waals surface area contributed by atoms with Crippen LogP contribution in [-0.4, -0.2) is 34.5 Å². The van der Waals surface area contributed by atoms with Gasteiger partial charge >= 0.3 is 6.09 Å². The van der Waals surface area contributed by atoms with E-state index in [2.05, 4.69) is 33.0 Å². The molecule has 0 saturated heterocycles. The van der Waals surface area contributed by atoms with Crippen LogP contribution in [0.5, 0.6) is 5.75 Å². The predicted octanol–water partition coefficient (Wildman–Crippen LogP) is 4.81. The van der Waals surface area contributed by atoms with Gasteiger partial charge in [-0.2, -0.15) is 9.78 Å². The molecule has 1 aliphatic carbocycles. The largest absolute Gasteiger partial charge is 0.497 e. The second-order valence-electron chi connectivity index (χ2n) is 9.05. The number of carbonyl (C=O) groups is 2. The third-order valence-electron chi connectivity index (χ3n) is 5.95. The normalized spacial score (nSPS) is 21.8. The zero-order valence-corrected chi connectivity index (χ0v) is 19.8. The number of amides is 1. The first-order valence-electron chi connectivity index (χ1n) is 10.1. The summed E-state index contributed by atoms with van der Waals surface area (Å²) in [4.78, 5) is 25.7. The minimum absolute atomic E-state index is 0.0103. The molecule has 8 heteroatoms. The summed E-state index contributed by atoms with van der Waals surface area (Å²) in [6.45, 7) is 5.47. The number of benzene rings is 2. The van der Waals surface area contributed by atoms with Crippen molar-refractivity contribution in [2.45, 2.75) is 44.1 Å². The summed E-state index contributed by atoms with van der Waals surface area (Å²) in [5.41, 5.74) is 2.27. The lowest BCUT2D eigenvalue weighted by Crippen LogP contribution is -2.27. The molecule has 2 aliphatic rings. The van der Waals surface area contributed by atoms with Crippen molar-refractivity contribution in [3.63, 3.8) is 0 Å². The molecule has 1 N–H and O–H groups in total. The van der Waals surface area contributed by atoms with Crippen LogP contribution in [0.25, 0.3) is 10.9 Å². The fourth-order valence-electron chi connectivity index (χ4n) is 4.45. The van der Waals surface area contributed by atoms with Crippen LogP contribution < -0.4 is 10.1 Å². The fourth-order valence-corrected chi connectivity index (χ4v) is 5.13. The van der Waals surface area contributed by atoms with Crippen molar-refractivity contribution >= 4 is 51.2 Å². The Balaban J connectivity index is 1.56. The lowest BCUT2D eigenvalue weighted by atomic mass is 9.91. The molecule has 31 heavy (non-hydrogen) atoms. The van der Waals surface area contributed by atoms with Gasteiger partial charge in [0.1, 0.15) is 15.1 Å². The number of ether oxygens (including phenoxy) is 2. The summed E-state index contributed by atoms with van der Waals surface area (Å²) in [7, 11) is 1.62. The predicted molar refractivity (Wildman–Crippen MR) is 125 cm³/mol. The van der Waals surface area contributed by atoms with Crippen LogP contribution in [0.2, 0.25) is 0 Å². The second kappa shape index (κ2) is 6.69. The topological polar surface area (TPSA) is 82.5 Å². The molecule has 1 aliphatic heterocycles. The smallest absolute Gasteiger partial charge is 0.435 e. The van der Waals surface area contributed by atoms with Crippen LogP contribution in [-0.2, 0) is 14.9 Å². The Morgan fingerprint density at radius 3 is 2.74 bits per heavy atom. The Morgan fingerprint density at radius 1 is 1.26 bits per heavy atom. The van der Waals surface area contributed by atoms with Gasteiger partial charge in [-0.1, -0.05) is 6.07 Å². The van der Waals surface area contributed by atoms with Crippen molar-refractivity contribution in [3.8, 4) is 5.75 Å². The highest BCUT2D eigenvalue weighted by Crippen LogP contribution is 2.65. The zero-order chi connectivity index (χ0) is 22.1. The van der Waals surface area contributed by atoms with Crippen LogP contribution >= 0.6 is 22.6 Å². The standard InChI is InChI=1S/C23H22IN3O4/c1-22(2,3)31-21(29)27-18-9-12(5-7-14(18)19(24)26-27)16-11-23(16)15-10-13(30-4)6-8-17(15)25-20(23)28/h5-10,16H,11H2,1-4H3,(H,25,28)/t16-,23-/m0/s1. The Morgan fingerprint density at radius 2 is 2.03 bits per heavy atom. The quantitative estimate of drug-likeness (QED) is 0.480. The van der Waals surface area contributed by atoms with E-state index in [1.54, 1.807) is 7.11 Å². The molecule has 0 radical (unpaired) electrons. The maximum atomic E-state index is 13.0. The summed E-state index contributed by atoms with van der Waals surface area (Å²) >= 11 is 2.12. The highest BCUT2D eigenvalue weighted by molar-refractivity contribution is 14.1. The van der Waals surface area contributed by atoms with Gasteiger partial charge in [-0.05, 0) is 91.2 Å². The average Bonchev–Trinajstić information content (AvgIpc) is 3.30. The van der Waals surface area contributed by atoms with Crippen molar-refractivity contribution in [3.05, 3.63) is 51.2 Å². The summed E-state index contributed by atoms with van der Waals surface area (Å²) in [5, 5.41) is 8.28. The molecule has 0 bridgehead atoms. The molecule has 5 rings (SSSR count). The number of halogens is 1. The number of hydrogen-bond acceptors (Lipinski definition) is 5. The van der Waals surface area contributed by atoms with Gasteiger partial charge < -0.3 is 14.8 Å². The number of anilines is 1. The summed E-state index contributed by atoms with van der Waals surface area (Å²) < 4.78 is 12.9. The number of hydrogen-bond donors (Lipinski definition) is 1. The second-order valence-corrected chi connectivity index (χ2v) is 10.1. The van der Waals surface area contributed by atoms with Crippen LogP contribution in [0, 0.1) is 3.70 Å². The van der Waals surface area contributed by atoms with Crippen LogP contribution in [0.4, 0.5) is 10.5 Å². The van der Waals surface area contributed by atoms with Gasteiger partial charge in [0, 0.05) is 17.0 Å². The van der Waals surface area contributed by atoms with Crippen molar-refractivity contribution in [2.75, 3.05) is 12.4 Å². The molecular weight excluding hydrogens is 509 g/mol. The van der Waals surface area contributed by atoms with E-state index in [1.165, 1.54) is 4.68 Å². The summed E-state index contributed by atoms with van der Waals surface area (Å²) in [6.07, 6.45) is 0.194. The Labute approximate surface area is 193 Å². The van der Waals surface area contributed by atoms with Crippen LogP contribution in [0.15, 0.2) is 36.4 Å². The summed E-state index contributed by atoms with van der Waals surface area (Å²) in [6, 6.07) is 11.6. The van der Waals surface area contributed by atoms with Crippen LogP contribution in [0.3, 0.4) is 0 Å². The van der Waals surface area contributed by atoms with E-state index < -0.39 is 17.1 Å². The zero-order valence-electron chi connectivity index (χ0n) is 17.7. The average molecular weight is 531 g/mol. The number of rotatable bonds is 2. The molecule has 1 fully saturated rings. The molecule has 2 aromatic carbocycles. The number of nitrogens with zero attached hydrogens (tertiary/aromatic N) is 2. The monoisotopic (exact) mass is 531 g/mol. The molecule has 1 amide bonds. The number of carbonyl (C=O) groups excluding carboxylic acids is 2. The van der Waals surface area contributed by atoms with E-state index in [-0.39, 0.29) is 11.8 Å². The number of nitrogens with one attached hydrogen (secondary N) is 1. The van der Waals surface area contributed by atoms with E-state index >= 15 is 0 Å². The third kappa shape index (κ3) is 3.10. The SMILES string of the molecule is COc1ccc2c(c1)[C@]1(C[C@H]1c1ccc3c(I)nn(C(=O)OC(C)(C)C)c3c1)C(=O)N2. The highest BCUT2D eigenvalue weighted by Gasteiger charge is 2.65. The molecule has 160 valence electrons. The van der Waals surface area contributed by atoms with E-state index in [9.17, 15) is 9.59 Å². The van der Waals surface area contributed by atoms with Gasteiger partial charge in [0.25, 0.3) is 0 Å². The molecule has 3 aromatic rings. The summed E-state index contributed by atoms with van der Waals surface area (Å²) in [5.74, 6) is 0.759. The first kappa shape index (κ1) is 20.3. The van der Waals surface area contributed by atoms with E-state index in [0.717, 1.165) is 31.7 Å². The molecule has 7 nitrogen and oxygen atoms in total. The number of methoxy groups -OCH3 is 1. The maximum Gasteiger partial charge on any atom is 0.435 e. The lowest BCUT2D eigenvalue weighted by Gasteiger charge is -2.19. The van der Waals surface area contributed by atoms with Crippen molar-refractivity contribution < 1.29 is 19.1 Å². The molecule has 1 spiro atoms. The van der Waals surface area contributed by atoms with Crippen molar-refractivity contribution in [1.29, 1.82) is 0 Å². The Bertz CT molecular complexity index is 1260. The number of aromatic nitrogens is 2. The number of fused-ring (bicyclic) bond motifs is 3. The Hall–Kier alpha value is -2.62. The molecule has 1 saturated carbocycles. The van der Waals surface area contributed by atoms with Crippen molar-refractivity contribution in [1.82, 2.24) is 9.78 Å². The first-order valence-corrected chi connectivity index (χ1v) is 11.1. The molecule has 2 heterocycles. The van der Waals surface area contributed by atoms with Gasteiger partial charge in [0.05, 0.1) is 18.0 Å². The lowest BCUT2D eigenvalue weighted by molar-refractivity contribution is -0.118. The van der Waals surface area contributed by atoms with Gasteiger partial charge in [-0.3, -0.25) is 4.79 Å². The van der Waals surface area contributed by atoms with E-state index in [1.807, 2.05) is 57.2 Å². The molecular formula is C23H22IN3O4. The van der Waals surface area contributed by atoms with E-state index in [0.29, 0.717) is 11.9 Å². The minimum atomic E-state index is -0.621. The van der Waals surface area contributed by atoms with Gasteiger partial charge in [-0.25, -0.2) is 4.79 Å². The molecule has 1 aromatic heterocycles.